The fraction of sp³-hybridized carbons (Fsp3) is 0.769. The van der Waals surface area contributed by atoms with E-state index in [0.29, 0.717) is 11.3 Å². The summed E-state index contributed by atoms with van der Waals surface area (Å²) in [5, 5.41) is 8.64. The van der Waals surface area contributed by atoms with Crippen molar-refractivity contribution in [2.45, 2.75) is 52.6 Å². The number of hydrogen-bond donors (Lipinski definition) is 1. The van der Waals surface area contributed by atoms with Crippen molar-refractivity contribution in [3.8, 4) is 0 Å². The molecule has 7 heteroatoms. The molecular formula is C13H23NO6. The molecule has 0 aliphatic heterocycles. The number of amides is 2. The van der Waals surface area contributed by atoms with Crippen LogP contribution in [-0.4, -0.2) is 46.9 Å². The highest BCUT2D eigenvalue weighted by molar-refractivity contribution is 5.88. The highest BCUT2D eigenvalue weighted by Gasteiger charge is 2.28. The molecule has 0 aromatic heterocycles. The third-order valence-corrected chi connectivity index (χ3v) is 2.11. The summed E-state index contributed by atoms with van der Waals surface area (Å²) in [4.78, 5) is 34.9. The summed E-state index contributed by atoms with van der Waals surface area (Å²) < 4.78 is 9.96. The smallest absolute Gasteiger partial charge is 0.419 e. The lowest BCUT2D eigenvalue weighted by atomic mass is 10.2. The van der Waals surface area contributed by atoms with Crippen LogP contribution in [0.5, 0.6) is 0 Å². The van der Waals surface area contributed by atoms with Gasteiger partial charge in [0, 0.05) is 6.54 Å². The molecular weight excluding hydrogens is 266 g/mol. The summed E-state index contributed by atoms with van der Waals surface area (Å²) in [5.74, 6) is -1.11. The lowest BCUT2D eigenvalue weighted by molar-refractivity contribution is -0.137. The molecule has 0 aromatic carbocycles. The third-order valence-electron chi connectivity index (χ3n) is 2.11. The van der Waals surface area contributed by atoms with Gasteiger partial charge in [-0.2, -0.15) is 0 Å². The van der Waals surface area contributed by atoms with E-state index in [4.69, 9.17) is 14.6 Å². The number of ether oxygens (including phenoxy) is 2. The van der Waals surface area contributed by atoms with Crippen LogP contribution in [0.1, 0.15) is 47.0 Å². The van der Waals surface area contributed by atoms with Gasteiger partial charge in [-0.05, 0) is 27.2 Å². The molecule has 0 fully saturated rings. The largest absolute Gasteiger partial charge is 0.481 e. The predicted molar refractivity (Wildman–Crippen MR) is 71.4 cm³/mol. The Morgan fingerprint density at radius 1 is 1.15 bits per heavy atom. The second-order valence-electron chi connectivity index (χ2n) is 5.24. The number of carboxylic acid groups (broad SMARTS) is 1. The molecule has 0 heterocycles. The van der Waals surface area contributed by atoms with E-state index in [1.54, 1.807) is 20.8 Å². The summed E-state index contributed by atoms with van der Waals surface area (Å²) in [5.41, 5.74) is -0.776. The van der Waals surface area contributed by atoms with Crippen LogP contribution < -0.4 is 0 Å². The minimum atomic E-state index is -1.11. The molecule has 0 aromatic rings. The summed E-state index contributed by atoms with van der Waals surface area (Å²) >= 11 is 0. The molecule has 0 spiro atoms. The number of carbonyl (C=O) groups is 3. The first-order valence-electron chi connectivity index (χ1n) is 6.56. The molecule has 0 saturated heterocycles. The van der Waals surface area contributed by atoms with Gasteiger partial charge in [0.2, 0.25) is 0 Å². The number of carbonyl (C=O) groups excluding carboxylic acids is 2. The van der Waals surface area contributed by atoms with Crippen LogP contribution in [0.2, 0.25) is 0 Å². The lowest BCUT2D eigenvalue weighted by Crippen LogP contribution is -2.42. The number of imide groups is 1. The number of rotatable bonds is 6. The van der Waals surface area contributed by atoms with E-state index in [-0.39, 0.29) is 19.6 Å². The zero-order chi connectivity index (χ0) is 15.8. The highest BCUT2D eigenvalue weighted by Crippen LogP contribution is 2.11. The maximum absolute atomic E-state index is 11.9. The Bertz CT molecular complexity index is 347. The number of unbranched alkanes of at least 4 members (excludes halogenated alkanes) is 1. The number of hydrogen-bond acceptors (Lipinski definition) is 5. The van der Waals surface area contributed by atoms with E-state index in [9.17, 15) is 14.4 Å². The quantitative estimate of drug-likeness (QED) is 0.755. The summed E-state index contributed by atoms with van der Waals surface area (Å²) in [7, 11) is 0. The molecule has 1 N–H and O–H groups in total. The van der Waals surface area contributed by atoms with Crippen molar-refractivity contribution in [2.24, 2.45) is 0 Å². The maximum atomic E-state index is 11.9. The van der Waals surface area contributed by atoms with E-state index < -0.39 is 23.8 Å². The number of nitrogens with zero attached hydrogens (tertiary/aromatic N) is 1. The van der Waals surface area contributed by atoms with Gasteiger partial charge in [-0.3, -0.25) is 4.79 Å². The molecule has 0 aliphatic carbocycles. The normalized spacial score (nSPS) is 10.8. The molecule has 0 radical (unpaired) electrons. The van der Waals surface area contributed by atoms with Gasteiger partial charge >= 0.3 is 18.2 Å². The molecule has 116 valence electrons. The molecule has 0 unspecified atom stereocenters. The van der Waals surface area contributed by atoms with E-state index in [0.717, 1.165) is 6.42 Å². The van der Waals surface area contributed by atoms with E-state index in [2.05, 4.69) is 0 Å². The van der Waals surface area contributed by atoms with Crippen LogP contribution in [0, 0.1) is 0 Å². The molecule has 0 rings (SSSR count). The van der Waals surface area contributed by atoms with Crippen LogP contribution in [0.3, 0.4) is 0 Å². The van der Waals surface area contributed by atoms with Gasteiger partial charge in [-0.15, -0.1) is 0 Å². The topological polar surface area (TPSA) is 93.1 Å². The van der Waals surface area contributed by atoms with Crippen LogP contribution in [0.4, 0.5) is 9.59 Å². The third kappa shape index (κ3) is 8.34. The van der Waals surface area contributed by atoms with Gasteiger partial charge in [0.15, 0.2) is 0 Å². The van der Waals surface area contributed by atoms with Gasteiger partial charge < -0.3 is 14.6 Å². The molecule has 20 heavy (non-hydrogen) atoms. The molecule has 0 aliphatic rings. The van der Waals surface area contributed by atoms with Gasteiger partial charge in [-0.1, -0.05) is 13.3 Å². The van der Waals surface area contributed by atoms with Gasteiger partial charge in [-0.25, -0.2) is 14.5 Å². The van der Waals surface area contributed by atoms with Crippen molar-refractivity contribution < 1.29 is 29.0 Å². The molecule has 7 nitrogen and oxygen atoms in total. The Morgan fingerprint density at radius 2 is 1.75 bits per heavy atom. The molecule has 2 amide bonds. The Kier molecular flexibility index (Phi) is 7.64. The van der Waals surface area contributed by atoms with E-state index >= 15 is 0 Å². The second-order valence-corrected chi connectivity index (χ2v) is 5.24. The zero-order valence-corrected chi connectivity index (χ0v) is 12.5. The van der Waals surface area contributed by atoms with Gasteiger partial charge in [0.05, 0.1) is 13.0 Å². The van der Waals surface area contributed by atoms with Crippen molar-refractivity contribution >= 4 is 18.2 Å². The monoisotopic (exact) mass is 289 g/mol. The minimum Gasteiger partial charge on any atom is -0.481 e. The van der Waals surface area contributed by atoms with Crippen LogP contribution in [0.25, 0.3) is 0 Å². The number of aliphatic carboxylic acids is 1. The Balaban J connectivity index is 4.65. The van der Waals surface area contributed by atoms with E-state index in [1.807, 2.05) is 6.92 Å². The Morgan fingerprint density at radius 3 is 2.20 bits per heavy atom. The summed E-state index contributed by atoms with van der Waals surface area (Å²) in [6.45, 7) is 6.80. The first-order chi connectivity index (χ1) is 9.17. The molecule has 0 saturated carbocycles. The molecule has 0 bridgehead atoms. The summed E-state index contributed by atoms with van der Waals surface area (Å²) in [6.07, 6.45) is -0.627. The fourth-order valence-corrected chi connectivity index (χ4v) is 1.16. The Labute approximate surface area is 118 Å². The Hall–Kier alpha value is -1.79. The SMILES string of the molecule is CCCCOC(=O)N(CCC(=O)O)C(=O)OC(C)(C)C. The highest BCUT2D eigenvalue weighted by atomic mass is 16.6. The lowest BCUT2D eigenvalue weighted by Gasteiger charge is -2.25. The van der Waals surface area contributed by atoms with Crippen molar-refractivity contribution in [1.82, 2.24) is 4.90 Å². The zero-order valence-electron chi connectivity index (χ0n) is 12.5. The second kappa shape index (κ2) is 8.39. The minimum absolute atomic E-state index is 0.182. The van der Waals surface area contributed by atoms with Gasteiger partial charge in [0.1, 0.15) is 5.60 Å². The maximum Gasteiger partial charge on any atom is 0.419 e. The van der Waals surface area contributed by atoms with Crippen molar-refractivity contribution in [3.05, 3.63) is 0 Å². The summed E-state index contributed by atoms with van der Waals surface area (Å²) in [6, 6.07) is 0. The first kappa shape index (κ1) is 18.2. The standard InChI is InChI=1S/C13H23NO6/c1-5-6-9-19-11(17)14(8-7-10(15)16)12(18)20-13(2,3)4/h5-9H2,1-4H3,(H,15,16). The van der Waals surface area contributed by atoms with Crippen molar-refractivity contribution in [2.75, 3.05) is 13.2 Å². The van der Waals surface area contributed by atoms with Gasteiger partial charge in [0.25, 0.3) is 0 Å². The van der Waals surface area contributed by atoms with Crippen LogP contribution in [-0.2, 0) is 14.3 Å². The molecule has 0 atom stereocenters. The van der Waals surface area contributed by atoms with Crippen molar-refractivity contribution in [1.29, 1.82) is 0 Å². The predicted octanol–water partition coefficient (Wildman–Crippen LogP) is 2.63. The van der Waals surface area contributed by atoms with Crippen LogP contribution >= 0.6 is 0 Å². The van der Waals surface area contributed by atoms with Crippen LogP contribution in [0.15, 0.2) is 0 Å². The van der Waals surface area contributed by atoms with E-state index in [1.165, 1.54) is 0 Å². The average Bonchev–Trinajstić information content (AvgIpc) is 2.26. The fourth-order valence-electron chi connectivity index (χ4n) is 1.16. The first-order valence-corrected chi connectivity index (χ1v) is 6.56. The number of carboxylic acids is 1. The van der Waals surface area contributed by atoms with Crippen molar-refractivity contribution in [3.63, 3.8) is 0 Å². The average molecular weight is 289 g/mol.